The molecule has 1 aromatic carbocycles. The third-order valence-corrected chi connectivity index (χ3v) is 3.24. The average Bonchev–Trinajstić information content (AvgIpc) is 2.07. The molecule has 1 rings (SSSR count). The zero-order valence-corrected chi connectivity index (χ0v) is 9.43. The van der Waals surface area contributed by atoms with Crippen LogP contribution in [-0.4, -0.2) is 11.9 Å². The molecule has 15 heavy (non-hydrogen) atoms. The molecule has 1 aromatic rings. The van der Waals surface area contributed by atoms with Crippen molar-refractivity contribution < 1.29 is 13.2 Å². The van der Waals surface area contributed by atoms with Gasteiger partial charge < -0.3 is 5.73 Å². The predicted molar refractivity (Wildman–Crippen MR) is 57.4 cm³/mol. The topological polar surface area (TPSA) is 26.0 Å². The van der Waals surface area contributed by atoms with Crippen LogP contribution in [-0.2, 0) is 0 Å². The Hall–Kier alpha value is -0.550. The van der Waals surface area contributed by atoms with E-state index in [1.54, 1.807) is 13.0 Å². The van der Waals surface area contributed by atoms with Gasteiger partial charge in [0, 0.05) is 4.90 Å². The maximum Gasteiger partial charge on any atom is 0.398 e. The molecule has 0 heterocycles. The molecule has 0 saturated heterocycles. The molecule has 0 aliphatic carbocycles. The number of aryl methyl sites for hydroxylation is 1. The van der Waals surface area contributed by atoms with E-state index >= 15 is 0 Å². The molecule has 0 aliphatic rings. The van der Waals surface area contributed by atoms with Gasteiger partial charge >= 0.3 is 6.18 Å². The van der Waals surface area contributed by atoms with Gasteiger partial charge in [-0.25, -0.2) is 0 Å². The molecule has 1 nitrogen and oxygen atoms in total. The fraction of sp³-hybridized carbons (Fsp3) is 0.333. The summed E-state index contributed by atoms with van der Waals surface area (Å²) in [5.74, 6) is -0.922. The van der Waals surface area contributed by atoms with Gasteiger partial charge in [-0.3, -0.25) is 0 Å². The first-order valence-corrected chi connectivity index (χ1v) is 5.41. The van der Waals surface area contributed by atoms with Crippen molar-refractivity contribution in [3.8, 4) is 0 Å². The Balaban J connectivity index is 2.82. The zero-order chi connectivity index (χ0) is 11.6. The van der Waals surface area contributed by atoms with Crippen LogP contribution in [0.3, 0.4) is 0 Å². The summed E-state index contributed by atoms with van der Waals surface area (Å²) in [6.07, 6.45) is -4.18. The van der Waals surface area contributed by atoms with Gasteiger partial charge in [0.25, 0.3) is 0 Å². The highest BCUT2D eigenvalue weighted by Crippen LogP contribution is 2.33. The first-order chi connectivity index (χ1) is 6.79. The molecule has 6 heteroatoms. The molecule has 0 fully saturated rings. The standard InChI is InChI=1S/C9H9ClF3NS/c1-5-2-6(10)7(14)3-8(5)15-4-9(11,12)13/h2-3H,4,14H2,1H3. The number of halogens is 4. The molecule has 2 N–H and O–H groups in total. The zero-order valence-electron chi connectivity index (χ0n) is 7.86. The third kappa shape index (κ3) is 3.83. The van der Waals surface area contributed by atoms with E-state index in [2.05, 4.69) is 0 Å². The molecule has 0 aliphatic heterocycles. The second kappa shape index (κ2) is 4.53. The van der Waals surface area contributed by atoms with Crippen molar-refractivity contribution in [2.45, 2.75) is 18.0 Å². The Labute approximate surface area is 94.8 Å². The molecule has 0 aromatic heterocycles. The van der Waals surface area contributed by atoms with Gasteiger partial charge in [-0.05, 0) is 24.6 Å². The van der Waals surface area contributed by atoms with Crippen molar-refractivity contribution in [3.63, 3.8) is 0 Å². The Bertz CT molecular complexity index is 365. The van der Waals surface area contributed by atoms with Crippen LogP contribution >= 0.6 is 23.4 Å². The smallest absolute Gasteiger partial charge is 0.397 e. The van der Waals surface area contributed by atoms with Gasteiger partial charge in [0.05, 0.1) is 16.5 Å². The van der Waals surface area contributed by atoms with Crippen LogP contribution < -0.4 is 5.73 Å². The third-order valence-electron chi connectivity index (χ3n) is 1.69. The highest BCUT2D eigenvalue weighted by atomic mass is 35.5. The van der Waals surface area contributed by atoms with Crippen LogP contribution in [0.5, 0.6) is 0 Å². The summed E-state index contributed by atoms with van der Waals surface area (Å²) in [7, 11) is 0. The monoisotopic (exact) mass is 255 g/mol. The maximum absolute atomic E-state index is 12.0. The number of anilines is 1. The minimum atomic E-state index is -4.18. The summed E-state index contributed by atoms with van der Waals surface area (Å²) in [6, 6.07) is 3.03. The fourth-order valence-electron chi connectivity index (χ4n) is 0.984. The van der Waals surface area contributed by atoms with Crippen molar-refractivity contribution in [2.75, 3.05) is 11.5 Å². The van der Waals surface area contributed by atoms with E-state index in [4.69, 9.17) is 17.3 Å². The van der Waals surface area contributed by atoms with Crippen LogP contribution in [0.25, 0.3) is 0 Å². The van der Waals surface area contributed by atoms with Crippen LogP contribution in [0.15, 0.2) is 17.0 Å². The Morgan fingerprint density at radius 3 is 2.53 bits per heavy atom. The van der Waals surface area contributed by atoms with E-state index in [0.717, 1.165) is 0 Å². The lowest BCUT2D eigenvalue weighted by molar-refractivity contribution is -0.105. The van der Waals surface area contributed by atoms with Crippen molar-refractivity contribution in [1.29, 1.82) is 0 Å². The van der Waals surface area contributed by atoms with Crippen molar-refractivity contribution >= 4 is 29.1 Å². The predicted octanol–water partition coefficient (Wildman–Crippen LogP) is 3.89. The maximum atomic E-state index is 12.0. The summed E-state index contributed by atoms with van der Waals surface area (Å²) < 4.78 is 35.9. The lowest BCUT2D eigenvalue weighted by Gasteiger charge is -2.09. The van der Waals surface area contributed by atoms with Gasteiger partial charge in [0.2, 0.25) is 0 Å². The van der Waals surface area contributed by atoms with E-state index in [-0.39, 0.29) is 0 Å². The average molecular weight is 256 g/mol. The molecule has 0 bridgehead atoms. The van der Waals surface area contributed by atoms with Gasteiger partial charge in [-0.2, -0.15) is 13.2 Å². The minimum absolute atomic E-state index is 0.298. The molecule has 0 unspecified atom stereocenters. The van der Waals surface area contributed by atoms with Crippen LogP contribution in [0.2, 0.25) is 5.02 Å². The van der Waals surface area contributed by atoms with Crippen molar-refractivity contribution in [1.82, 2.24) is 0 Å². The molecule has 0 amide bonds. The van der Waals surface area contributed by atoms with E-state index < -0.39 is 11.9 Å². The molecule has 0 atom stereocenters. The molecule has 0 spiro atoms. The molecule has 84 valence electrons. The molecular formula is C9H9ClF3NS. The number of alkyl halides is 3. The largest absolute Gasteiger partial charge is 0.398 e. The number of hydrogen-bond acceptors (Lipinski definition) is 2. The van der Waals surface area contributed by atoms with Crippen molar-refractivity contribution in [3.05, 3.63) is 22.7 Å². The highest BCUT2D eigenvalue weighted by Gasteiger charge is 2.27. The first kappa shape index (κ1) is 12.5. The Kier molecular flexibility index (Phi) is 3.78. The minimum Gasteiger partial charge on any atom is -0.397 e. The van der Waals surface area contributed by atoms with Crippen LogP contribution in [0.1, 0.15) is 5.56 Å². The Morgan fingerprint density at radius 2 is 2.00 bits per heavy atom. The van der Waals surface area contributed by atoms with Gasteiger partial charge in [-0.1, -0.05) is 11.6 Å². The number of nitrogens with two attached hydrogens (primary N) is 1. The van der Waals surface area contributed by atoms with E-state index in [0.29, 0.717) is 32.9 Å². The molecule has 0 radical (unpaired) electrons. The van der Waals surface area contributed by atoms with E-state index in [9.17, 15) is 13.2 Å². The number of thioether (sulfide) groups is 1. The molecule has 0 saturated carbocycles. The normalized spacial score (nSPS) is 11.8. The lowest BCUT2D eigenvalue weighted by atomic mass is 10.2. The summed E-state index contributed by atoms with van der Waals surface area (Å²) in [5, 5.41) is 0.365. The SMILES string of the molecule is Cc1cc(Cl)c(N)cc1SCC(F)(F)F. The van der Waals surface area contributed by atoms with E-state index in [1.165, 1.54) is 6.07 Å². The number of benzene rings is 1. The lowest BCUT2D eigenvalue weighted by Crippen LogP contribution is -2.10. The summed E-state index contributed by atoms with van der Waals surface area (Å²) >= 11 is 6.43. The van der Waals surface area contributed by atoms with Crippen LogP contribution in [0, 0.1) is 6.92 Å². The number of hydrogen-bond donors (Lipinski definition) is 1. The number of rotatable bonds is 2. The van der Waals surface area contributed by atoms with Gasteiger partial charge in [0.1, 0.15) is 0 Å². The van der Waals surface area contributed by atoms with Crippen molar-refractivity contribution in [2.24, 2.45) is 0 Å². The summed E-state index contributed by atoms with van der Waals surface area (Å²) in [4.78, 5) is 0.509. The summed E-state index contributed by atoms with van der Waals surface area (Å²) in [5.41, 5.74) is 6.50. The quantitative estimate of drug-likeness (QED) is 0.641. The number of nitrogen functional groups attached to an aromatic ring is 1. The fourth-order valence-corrected chi connectivity index (χ4v) is 2.02. The Morgan fingerprint density at radius 1 is 1.40 bits per heavy atom. The second-order valence-corrected chi connectivity index (χ2v) is 4.47. The highest BCUT2D eigenvalue weighted by molar-refractivity contribution is 7.99. The van der Waals surface area contributed by atoms with Crippen LogP contribution in [0.4, 0.5) is 18.9 Å². The van der Waals surface area contributed by atoms with E-state index in [1.807, 2.05) is 0 Å². The molecular weight excluding hydrogens is 247 g/mol. The second-order valence-electron chi connectivity index (χ2n) is 3.04. The summed E-state index contributed by atoms with van der Waals surface area (Å²) in [6.45, 7) is 1.70. The first-order valence-electron chi connectivity index (χ1n) is 4.05. The van der Waals surface area contributed by atoms with Gasteiger partial charge in [-0.15, -0.1) is 11.8 Å². The van der Waals surface area contributed by atoms with Gasteiger partial charge in [0.15, 0.2) is 0 Å².